The minimum absolute atomic E-state index is 0.269. The molecule has 0 aromatic rings. The molecule has 2 unspecified atom stereocenters. The molecule has 4 heteroatoms. The second-order valence-corrected chi connectivity index (χ2v) is 7.61. The van der Waals surface area contributed by atoms with Gasteiger partial charge in [-0.05, 0) is 57.4 Å². The molecule has 1 amide bonds. The molecule has 2 atom stereocenters. The maximum Gasteiger partial charge on any atom is 0.236 e. The monoisotopic (exact) mass is 310 g/mol. The highest BCUT2D eigenvalue weighted by atomic mass is 16.3. The van der Waals surface area contributed by atoms with Gasteiger partial charge in [0.05, 0.1) is 6.54 Å². The fourth-order valence-electron chi connectivity index (χ4n) is 4.28. The number of amides is 1. The van der Waals surface area contributed by atoms with Crippen LogP contribution in [0.2, 0.25) is 0 Å². The van der Waals surface area contributed by atoms with Crippen molar-refractivity contribution in [2.24, 2.45) is 11.8 Å². The lowest BCUT2D eigenvalue weighted by atomic mass is 9.85. The number of carbonyl (C=O) groups excluding carboxylic acids is 1. The van der Waals surface area contributed by atoms with Crippen molar-refractivity contribution < 1.29 is 9.90 Å². The van der Waals surface area contributed by atoms with E-state index in [9.17, 15) is 9.90 Å². The van der Waals surface area contributed by atoms with E-state index in [0.717, 1.165) is 32.1 Å². The fourth-order valence-corrected chi connectivity index (χ4v) is 4.28. The lowest BCUT2D eigenvalue weighted by molar-refractivity contribution is -0.135. The molecule has 128 valence electrons. The molecule has 22 heavy (non-hydrogen) atoms. The number of hydrogen-bond acceptors (Lipinski definition) is 3. The average molecular weight is 310 g/mol. The summed E-state index contributed by atoms with van der Waals surface area (Å²) in [6, 6.07) is 0.934. The van der Waals surface area contributed by atoms with Crippen LogP contribution in [0, 0.1) is 11.8 Å². The van der Waals surface area contributed by atoms with Gasteiger partial charge < -0.3 is 10.0 Å². The van der Waals surface area contributed by atoms with Crippen molar-refractivity contribution in [3.05, 3.63) is 0 Å². The van der Waals surface area contributed by atoms with Crippen LogP contribution < -0.4 is 0 Å². The molecule has 0 spiro atoms. The molecule has 0 heterocycles. The van der Waals surface area contributed by atoms with Gasteiger partial charge in [-0.2, -0.15) is 0 Å². The summed E-state index contributed by atoms with van der Waals surface area (Å²) in [5.41, 5.74) is 0. The van der Waals surface area contributed by atoms with E-state index >= 15 is 0 Å². The van der Waals surface area contributed by atoms with E-state index in [0.29, 0.717) is 37.1 Å². The summed E-state index contributed by atoms with van der Waals surface area (Å²) in [4.78, 5) is 16.9. The molecule has 2 aliphatic rings. The zero-order chi connectivity index (χ0) is 16.1. The molecule has 0 aliphatic heterocycles. The summed E-state index contributed by atoms with van der Waals surface area (Å²) >= 11 is 0. The summed E-state index contributed by atoms with van der Waals surface area (Å²) in [6.45, 7) is 3.14. The average Bonchev–Trinajstić information content (AvgIpc) is 2.54. The van der Waals surface area contributed by atoms with Gasteiger partial charge in [-0.25, -0.2) is 0 Å². The van der Waals surface area contributed by atoms with Crippen LogP contribution in [0.3, 0.4) is 0 Å². The van der Waals surface area contributed by atoms with Gasteiger partial charge in [0.2, 0.25) is 5.91 Å². The second kappa shape index (κ2) is 8.30. The Hall–Kier alpha value is -0.610. The van der Waals surface area contributed by atoms with Crippen LogP contribution in [0.1, 0.15) is 58.3 Å². The van der Waals surface area contributed by atoms with Crippen molar-refractivity contribution >= 4 is 5.91 Å². The Labute approximate surface area is 135 Å². The Balaban J connectivity index is 1.80. The summed E-state index contributed by atoms with van der Waals surface area (Å²) in [6.07, 6.45) is 9.39. The van der Waals surface area contributed by atoms with Crippen LogP contribution in [-0.4, -0.2) is 60.1 Å². The number of likely N-dealkylation sites (N-methyl/N-ethyl adjacent to an activating group) is 2. The highest BCUT2D eigenvalue weighted by molar-refractivity contribution is 5.78. The van der Waals surface area contributed by atoms with Gasteiger partial charge in [0.15, 0.2) is 0 Å². The Bertz CT molecular complexity index is 353. The Morgan fingerprint density at radius 1 is 1.05 bits per heavy atom. The first-order chi connectivity index (χ1) is 10.5. The predicted octanol–water partition coefficient (Wildman–Crippen LogP) is 2.51. The molecule has 0 radical (unpaired) electrons. The topological polar surface area (TPSA) is 43.8 Å². The number of rotatable bonds is 5. The summed E-state index contributed by atoms with van der Waals surface area (Å²) in [5.74, 6) is 1.38. The van der Waals surface area contributed by atoms with Gasteiger partial charge in [0, 0.05) is 25.7 Å². The molecule has 4 nitrogen and oxygen atoms in total. The molecule has 1 N–H and O–H groups in total. The van der Waals surface area contributed by atoms with Gasteiger partial charge in [-0.15, -0.1) is 0 Å². The van der Waals surface area contributed by atoms with E-state index in [4.69, 9.17) is 0 Å². The quantitative estimate of drug-likeness (QED) is 0.848. The van der Waals surface area contributed by atoms with Gasteiger partial charge in [-0.1, -0.05) is 19.8 Å². The van der Waals surface area contributed by atoms with Crippen LogP contribution in [-0.2, 0) is 4.79 Å². The van der Waals surface area contributed by atoms with E-state index in [1.165, 1.54) is 19.3 Å². The van der Waals surface area contributed by atoms with Crippen LogP contribution >= 0.6 is 0 Å². The fraction of sp³-hybridized carbons (Fsp3) is 0.944. The summed E-state index contributed by atoms with van der Waals surface area (Å²) < 4.78 is 0. The number of hydrogen-bond donors (Lipinski definition) is 1. The third-order valence-electron chi connectivity index (χ3n) is 6.04. The Morgan fingerprint density at radius 2 is 1.68 bits per heavy atom. The number of aliphatic hydroxyl groups is 1. The van der Waals surface area contributed by atoms with Gasteiger partial charge in [0.1, 0.15) is 0 Å². The number of nitrogens with zero attached hydrogens (tertiary/aromatic N) is 2. The Morgan fingerprint density at radius 3 is 2.27 bits per heavy atom. The van der Waals surface area contributed by atoms with Crippen molar-refractivity contribution in [2.45, 2.75) is 70.4 Å². The minimum atomic E-state index is 0.269. The Kier molecular flexibility index (Phi) is 6.69. The van der Waals surface area contributed by atoms with Crippen LogP contribution in [0.15, 0.2) is 0 Å². The van der Waals surface area contributed by atoms with Crippen molar-refractivity contribution in [2.75, 3.05) is 27.2 Å². The predicted molar refractivity (Wildman–Crippen MR) is 89.7 cm³/mol. The lowest BCUT2D eigenvalue weighted by Gasteiger charge is -2.38. The maximum atomic E-state index is 12.6. The molecular formula is C18H34N2O2. The van der Waals surface area contributed by atoms with E-state index in [-0.39, 0.29) is 5.91 Å². The first kappa shape index (κ1) is 17.7. The first-order valence-corrected chi connectivity index (χ1v) is 9.09. The standard InChI is InChI=1S/C18H34N2O2/c1-14-6-4-5-7-17(14)20(3)18(22)12-19(2)16-10-8-15(13-21)9-11-16/h14-17,21H,4-13H2,1-3H3. The van der Waals surface area contributed by atoms with Crippen molar-refractivity contribution in [3.8, 4) is 0 Å². The second-order valence-electron chi connectivity index (χ2n) is 7.61. The molecule has 0 aromatic carbocycles. The van der Waals surface area contributed by atoms with Crippen LogP contribution in [0.25, 0.3) is 0 Å². The highest BCUT2D eigenvalue weighted by Gasteiger charge is 2.30. The van der Waals surface area contributed by atoms with Crippen molar-refractivity contribution in [3.63, 3.8) is 0 Å². The molecule has 0 saturated heterocycles. The number of carbonyl (C=O) groups is 1. The highest BCUT2D eigenvalue weighted by Crippen LogP contribution is 2.29. The number of aliphatic hydroxyl groups excluding tert-OH is 1. The van der Waals surface area contributed by atoms with E-state index in [1.807, 2.05) is 11.9 Å². The minimum Gasteiger partial charge on any atom is -0.396 e. The molecule has 2 saturated carbocycles. The normalized spacial score (nSPS) is 33.0. The molecule has 2 aliphatic carbocycles. The largest absolute Gasteiger partial charge is 0.396 e. The smallest absolute Gasteiger partial charge is 0.236 e. The maximum absolute atomic E-state index is 12.6. The van der Waals surface area contributed by atoms with Gasteiger partial charge in [0.25, 0.3) is 0 Å². The SMILES string of the molecule is CC1CCCCC1N(C)C(=O)CN(C)C1CCC(CO)CC1. The molecule has 2 rings (SSSR count). The lowest BCUT2D eigenvalue weighted by Crippen LogP contribution is -2.48. The molecule has 2 fully saturated rings. The molecule has 0 aromatic heterocycles. The third-order valence-corrected chi connectivity index (χ3v) is 6.04. The van der Waals surface area contributed by atoms with Crippen molar-refractivity contribution in [1.29, 1.82) is 0 Å². The van der Waals surface area contributed by atoms with Gasteiger partial charge >= 0.3 is 0 Å². The summed E-state index contributed by atoms with van der Waals surface area (Å²) in [5, 5.41) is 9.23. The third kappa shape index (κ3) is 4.45. The van der Waals surface area contributed by atoms with E-state index < -0.39 is 0 Å². The van der Waals surface area contributed by atoms with E-state index in [1.54, 1.807) is 0 Å². The van der Waals surface area contributed by atoms with E-state index in [2.05, 4.69) is 18.9 Å². The van der Waals surface area contributed by atoms with Crippen LogP contribution in [0.5, 0.6) is 0 Å². The van der Waals surface area contributed by atoms with Crippen molar-refractivity contribution in [1.82, 2.24) is 9.80 Å². The molecule has 0 bridgehead atoms. The van der Waals surface area contributed by atoms with Gasteiger partial charge in [-0.3, -0.25) is 9.69 Å². The zero-order valence-corrected chi connectivity index (χ0v) is 14.6. The molecular weight excluding hydrogens is 276 g/mol. The zero-order valence-electron chi connectivity index (χ0n) is 14.6. The van der Waals surface area contributed by atoms with Crippen LogP contribution in [0.4, 0.5) is 0 Å². The summed E-state index contributed by atoms with van der Waals surface area (Å²) in [7, 11) is 4.07. The first-order valence-electron chi connectivity index (χ1n) is 9.09.